The number of halogens is 1. The minimum atomic E-state index is -0.676. The zero-order valence-electron chi connectivity index (χ0n) is 16.5. The minimum absolute atomic E-state index is 0.0177. The topological polar surface area (TPSA) is 69.7 Å². The van der Waals surface area contributed by atoms with Gasteiger partial charge in [-0.05, 0) is 50.3 Å². The molecule has 0 bridgehead atoms. The van der Waals surface area contributed by atoms with Gasteiger partial charge in [-0.15, -0.1) is 0 Å². The van der Waals surface area contributed by atoms with Crippen molar-refractivity contribution >= 4 is 29.4 Å². The Bertz CT molecular complexity index is 744. The average molecular weight is 406 g/mol. The second-order valence-electron chi connectivity index (χ2n) is 7.96. The normalized spacial score (nSPS) is 19.2. The second kappa shape index (κ2) is 8.52. The molecule has 2 aliphatic rings. The Kier molecular flexibility index (Phi) is 6.28. The summed E-state index contributed by atoms with van der Waals surface area (Å²) in [6.07, 6.45) is 4.91. The Morgan fingerprint density at radius 2 is 1.89 bits per heavy atom. The Hall–Kier alpha value is -2.08. The fourth-order valence-electron chi connectivity index (χ4n) is 4.11. The predicted molar refractivity (Wildman–Crippen MR) is 108 cm³/mol. The molecule has 1 aliphatic heterocycles. The first-order chi connectivity index (χ1) is 13.3. The summed E-state index contributed by atoms with van der Waals surface area (Å²) in [7, 11) is 1.80. The maximum absolute atomic E-state index is 12.6. The number of rotatable bonds is 7. The monoisotopic (exact) mass is 405 g/mol. The fourth-order valence-corrected chi connectivity index (χ4v) is 4.23. The molecule has 1 aromatic rings. The van der Waals surface area contributed by atoms with E-state index in [-0.39, 0.29) is 30.4 Å². The highest BCUT2D eigenvalue weighted by atomic mass is 35.5. The van der Waals surface area contributed by atoms with Crippen LogP contribution >= 0.6 is 11.6 Å². The number of likely N-dealkylation sites (N-methyl/N-ethyl adjacent to an activating group) is 1. The molecule has 1 saturated carbocycles. The molecule has 1 heterocycles. The van der Waals surface area contributed by atoms with Gasteiger partial charge in [-0.25, -0.2) is 4.79 Å². The first kappa shape index (κ1) is 20.6. The molecule has 6 nitrogen and oxygen atoms in total. The van der Waals surface area contributed by atoms with Crippen LogP contribution in [0.5, 0.6) is 0 Å². The van der Waals surface area contributed by atoms with E-state index < -0.39 is 5.54 Å². The van der Waals surface area contributed by atoms with Gasteiger partial charge in [0, 0.05) is 31.1 Å². The summed E-state index contributed by atoms with van der Waals surface area (Å²) in [5.74, 6) is -0.101. The van der Waals surface area contributed by atoms with Crippen LogP contribution in [0.25, 0.3) is 0 Å². The first-order valence-electron chi connectivity index (χ1n) is 9.96. The number of carbonyl (C=O) groups is 3. The number of nitrogens with zero attached hydrogens (tertiary/aromatic N) is 2. The molecule has 4 amide bonds. The minimum Gasteiger partial charge on any atom is -0.343 e. The zero-order valence-corrected chi connectivity index (χ0v) is 17.3. The number of hydrogen-bond donors (Lipinski definition) is 1. The van der Waals surface area contributed by atoms with Crippen LogP contribution in [0, 0.1) is 0 Å². The number of carbonyl (C=O) groups excluding carboxylic acids is 3. The van der Waals surface area contributed by atoms with Crippen molar-refractivity contribution in [1.29, 1.82) is 0 Å². The molecule has 1 saturated heterocycles. The molecule has 28 heavy (non-hydrogen) atoms. The van der Waals surface area contributed by atoms with E-state index >= 15 is 0 Å². The lowest BCUT2D eigenvalue weighted by Crippen LogP contribution is -2.44. The molecule has 0 aromatic heterocycles. The van der Waals surface area contributed by atoms with Crippen molar-refractivity contribution in [1.82, 2.24) is 15.1 Å². The maximum atomic E-state index is 12.6. The van der Waals surface area contributed by atoms with Gasteiger partial charge in [-0.1, -0.05) is 36.6 Å². The number of hydrogen-bond acceptors (Lipinski definition) is 3. The number of amides is 4. The van der Waals surface area contributed by atoms with Crippen molar-refractivity contribution in [3.63, 3.8) is 0 Å². The second-order valence-corrected chi connectivity index (χ2v) is 8.40. The van der Waals surface area contributed by atoms with Crippen LogP contribution in [-0.2, 0) is 16.0 Å². The van der Waals surface area contributed by atoms with Crippen LogP contribution in [0.1, 0.15) is 51.0 Å². The smallest absolute Gasteiger partial charge is 0.325 e. The average Bonchev–Trinajstić information content (AvgIpc) is 3.23. The molecule has 1 aromatic carbocycles. The molecule has 3 rings (SSSR count). The highest BCUT2D eigenvalue weighted by Gasteiger charge is 2.52. The largest absolute Gasteiger partial charge is 0.343 e. The Labute approximate surface area is 171 Å². The molecule has 0 radical (unpaired) electrons. The van der Waals surface area contributed by atoms with E-state index in [0.29, 0.717) is 17.9 Å². The standard InChI is InChI=1S/C21H28ClN3O3/c1-15(14-16-7-9-17(22)10-8-16)24(2)18(26)6-5-13-25-19(27)21(23-20(25)28)11-3-4-12-21/h7-10,15H,3-6,11-14H2,1-2H3,(H,23,28). The highest BCUT2D eigenvalue weighted by molar-refractivity contribution is 6.30. The zero-order chi connectivity index (χ0) is 20.3. The van der Waals surface area contributed by atoms with Gasteiger partial charge in [-0.2, -0.15) is 0 Å². The van der Waals surface area contributed by atoms with E-state index in [1.54, 1.807) is 11.9 Å². The molecule has 2 fully saturated rings. The summed E-state index contributed by atoms with van der Waals surface area (Å²) in [5, 5.41) is 3.57. The SMILES string of the molecule is CC(Cc1ccc(Cl)cc1)N(C)C(=O)CCCN1C(=O)NC2(CCCC2)C1=O. The van der Waals surface area contributed by atoms with Crippen LogP contribution in [0.15, 0.2) is 24.3 Å². The Balaban J connectivity index is 1.46. The van der Waals surface area contributed by atoms with Crippen molar-refractivity contribution in [3.05, 3.63) is 34.9 Å². The first-order valence-corrected chi connectivity index (χ1v) is 10.3. The van der Waals surface area contributed by atoms with E-state index in [4.69, 9.17) is 11.6 Å². The van der Waals surface area contributed by atoms with E-state index in [2.05, 4.69) is 5.32 Å². The van der Waals surface area contributed by atoms with Gasteiger partial charge in [0.05, 0.1) is 0 Å². The molecule has 152 valence electrons. The predicted octanol–water partition coefficient (Wildman–Crippen LogP) is 3.37. The number of nitrogens with one attached hydrogen (secondary N) is 1. The highest BCUT2D eigenvalue weighted by Crippen LogP contribution is 2.35. The van der Waals surface area contributed by atoms with Gasteiger partial charge in [0.2, 0.25) is 5.91 Å². The van der Waals surface area contributed by atoms with E-state index in [1.165, 1.54) is 4.90 Å². The molecular weight excluding hydrogens is 378 g/mol. The van der Waals surface area contributed by atoms with Gasteiger partial charge in [0.1, 0.15) is 5.54 Å². The van der Waals surface area contributed by atoms with Gasteiger partial charge in [0.15, 0.2) is 0 Å². The lowest BCUT2D eigenvalue weighted by Gasteiger charge is -2.25. The van der Waals surface area contributed by atoms with Crippen LogP contribution in [-0.4, -0.2) is 52.8 Å². The summed E-state index contributed by atoms with van der Waals surface area (Å²) in [6.45, 7) is 2.30. The molecule has 1 unspecified atom stereocenters. The Morgan fingerprint density at radius 1 is 1.25 bits per heavy atom. The molecule has 1 N–H and O–H groups in total. The molecule has 1 atom stereocenters. The third-order valence-corrected chi connectivity index (χ3v) is 6.23. The number of benzene rings is 1. The van der Waals surface area contributed by atoms with Gasteiger partial charge in [0.25, 0.3) is 5.91 Å². The summed E-state index contributed by atoms with van der Waals surface area (Å²) >= 11 is 5.91. The van der Waals surface area contributed by atoms with Crippen LogP contribution in [0.4, 0.5) is 4.79 Å². The van der Waals surface area contributed by atoms with Crippen molar-refractivity contribution < 1.29 is 14.4 Å². The van der Waals surface area contributed by atoms with Crippen LogP contribution in [0.3, 0.4) is 0 Å². The third-order valence-electron chi connectivity index (χ3n) is 5.97. The molecular formula is C21H28ClN3O3. The summed E-state index contributed by atoms with van der Waals surface area (Å²) < 4.78 is 0. The van der Waals surface area contributed by atoms with Crippen molar-refractivity contribution in [3.8, 4) is 0 Å². The van der Waals surface area contributed by atoms with Crippen molar-refractivity contribution in [2.24, 2.45) is 0 Å². The van der Waals surface area contributed by atoms with Crippen molar-refractivity contribution in [2.45, 2.75) is 63.5 Å². The molecule has 1 aliphatic carbocycles. The van der Waals surface area contributed by atoms with E-state index in [9.17, 15) is 14.4 Å². The maximum Gasteiger partial charge on any atom is 0.325 e. The fraction of sp³-hybridized carbons (Fsp3) is 0.571. The Morgan fingerprint density at radius 3 is 2.54 bits per heavy atom. The summed E-state index contributed by atoms with van der Waals surface area (Å²) in [5.41, 5.74) is 0.447. The van der Waals surface area contributed by atoms with E-state index in [0.717, 1.165) is 37.7 Å². The number of imide groups is 1. The molecule has 7 heteroatoms. The summed E-state index contributed by atoms with van der Waals surface area (Å²) in [4.78, 5) is 40.3. The van der Waals surface area contributed by atoms with Gasteiger partial charge < -0.3 is 10.2 Å². The number of urea groups is 1. The van der Waals surface area contributed by atoms with E-state index in [1.807, 2.05) is 31.2 Å². The third kappa shape index (κ3) is 4.32. The summed E-state index contributed by atoms with van der Waals surface area (Å²) in [6, 6.07) is 7.36. The lowest BCUT2D eigenvalue weighted by molar-refractivity contribution is -0.133. The van der Waals surface area contributed by atoms with Gasteiger partial charge >= 0.3 is 6.03 Å². The van der Waals surface area contributed by atoms with Crippen LogP contribution < -0.4 is 5.32 Å². The van der Waals surface area contributed by atoms with Gasteiger partial charge in [-0.3, -0.25) is 14.5 Å². The lowest BCUT2D eigenvalue weighted by atomic mass is 9.98. The quantitative estimate of drug-likeness (QED) is 0.707. The van der Waals surface area contributed by atoms with Crippen molar-refractivity contribution in [2.75, 3.05) is 13.6 Å². The molecule has 1 spiro atoms. The van der Waals surface area contributed by atoms with Crippen LogP contribution in [0.2, 0.25) is 5.02 Å².